The number of aromatic nitrogens is 3. The summed E-state index contributed by atoms with van der Waals surface area (Å²) in [6.45, 7) is 0. The number of fused-ring (bicyclic) bond motifs is 1. The van der Waals surface area contributed by atoms with E-state index in [1.165, 1.54) is 7.11 Å². The van der Waals surface area contributed by atoms with Gasteiger partial charge in [0.05, 0.1) is 25.3 Å². The van der Waals surface area contributed by atoms with E-state index in [0.29, 0.717) is 33.9 Å². The van der Waals surface area contributed by atoms with Gasteiger partial charge in [-0.3, -0.25) is 14.6 Å². The van der Waals surface area contributed by atoms with Crippen LogP contribution in [0.3, 0.4) is 0 Å². The quantitative estimate of drug-likeness (QED) is 0.382. The average molecular weight is 445 g/mol. The van der Waals surface area contributed by atoms with Gasteiger partial charge in [-0.2, -0.15) is 0 Å². The van der Waals surface area contributed by atoms with Crippen LogP contribution in [0.2, 0.25) is 0 Å². The maximum atomic E-state index is 13.1. The number of primary amides is 1. The molecule has 0 unspecified atom stereocenters. The van der Waals surface area contributed by atoms with E-state index in [2.05, 4.69) is 20.3 Å². The van der Waals surface area contributed by atoms with Gasteiger partial charge in [-0.05, 0) is 42.0 Å². The largest absolute Gasteiger partial charge is 0.493 e. The van der Waals surface area contributed by atoms with E-state index in [1.54, 1.807) is 49.8 Å². The number of nitrogens with one attached hydrogen (secondary N) is 2. The normalized spacial score (nSPS) is 11.7. The lowest BCUT2D eigenvalue weighted by molar-refractivity contribution is -0.119. The van der Waals surface area contributed by atoms with Crippen LogP contribution in [-0.4, -0.2) is 47.0 Å². The predicted molar refractivity (Wildman–Crippen MR) is 123 cm³/mol. The topological polar surface area (TPSA) is 132 Å². The highest BCUT2D eigenvalue weighted by Gasteiger charge is 2.22. The molecule has 9 nitrogen and oxygen atoms in total. The standard InChI is InChI=1S/C24H23N5O4/c1-32-19-7-6-14(13-20(19)33-2)12-18(22(25)30)28-24(31)16-4-3-5-17-21(16)29-23(27-17)15-8-10-26-11-9-15/h3-11,13,18H,12H2,1-2H3,(H2,25,30)(H,27,29)(H,28,31)/t18-/m0/s1. The van der Waals surface area contributed by atoms with E-state index in [4.69, 9.17) is 15.2 Å². The van der Waals surface area contributed by atoms with Crippen molar-refractivity contribution in [3.05, 3.63) is 72.1 Å². The van der Waals surface area contributed by atoms with Crippen molar-refractivity contribution in [3.63, 3.8) is 0 Å². The molecule has 168 valence electrons. The van der Waals surface area contributed by atoms with Crippen LogP contribution in [0.15, 0.2) is 60.9 Å². The molecular weight excluding hydrogens is 422 g/mol. The lowest BCUT2D eigenvalue weighted by Crippen LogP contribution is -2.45. The molecule has 33 heavy (non-hydrogen) atoms. The predicted octanol–water partition coefficient (Wildman–Crippen LogP) is 2.47. The van der Waals surface area contributed by atoms with Gasteiger partial charge in [0.1, 0.15) is 17.4 Å². The summed E-state index contributed by atoms with van der Waals surface area (Å²) in [4.78, 5) is 37.0. The molecule has 0 saturated carbocycles. The van der Waals surface area contributed by atoms with Gasteiger partial charge in [-0.1, -0.05) is 12.1 Å². The number of rotatable bonds is 8. The van der Waals surface area contributed by atoms with Gasteiger partial charge in [0.2, 0.25) is 5.91 Å². The second-order valence-corrected chi connectivity index (χ2v) is 7.34. The molecule has 0 saturated heterocycles. The molecular formula is C24H23N5O4. The molecule has 0 aliphatic heterocycles. The van der Waals surface area contributed by atoms with Gasteiger partial charge < -0.3 is 25.5 Å². The minimum absolute atomic E-state index is 0.195. The zero-order valence-electron chi connectivity index (χ0n) is 18.2. The van der Waals surface area contributed by atoms with Crippen LogP contribution in [0.1, 0.15) is 15.9 Å². The van der Waals surface area contributed by atoms with Gasteiger partial charge in [-0.15, -0.1) is 0 Å². The summed E-state index contributed by atoms with van der Waals surface area (Å²) in [5.74, 6) is 0.609. The van der Waals surface area contributed by atoms with Crippen molar-refractivity contribution < 1.29 is 19.1 Å². The summed E-state index contributed by atoms with van der Waals surface area (Å²) in [5.41, 5.74) is 8.73. The van der Waals surface area contributed by atoms with Crippen LogP contribution < -0.4 is 20.5 Å². The van der Waals surface area contributed by atoms with Crippen molar-refractivity contribution >= 4 is 22.8 Å². The SMILES string of the molecule is COc1ccc(C[C@H](NC(=O)c2cccc3[nH]c(-c4ccncc4)nc23)C(N)=O)cc1OC. The van der Waals surface area contributed by atoms with Crippen molar-refractivity contribution in [3.8, 4) is 22.9 Å². The molecule has 0 aliphatic rings. The molecule has 0 spiro atoms. The third-order valence-corrected chi connectivity index (χ3v) is 5.25. The Hall–Kier alpha value is -4.40. The Labute approximate surface area is 190 Å². The summed E-state index contributed by atoms with van der Waals surface area (Å²) in [7, 11) is 3.07. The first-order chi connectivity index (χ1) is 16.0. The van der Waals surface area contributed by atoms with Crippen LogP contribution in [0, 0.1) is 0 Å². The smallest absolute Gasteiger partial charge is 0.254 e. The maximum Gasteiger partial charge on any atom is 0.254 e. The number of carbonyl (C=O) groups is 2. The number of aromatic amines is 1. The number of nitrogens with zero attached hydrogens (tertiary/aromatic N) is 2. The number of H-pyrrole nitrogens is 1. The summed E-state index contributed by atoms with van der Waals surface area (Å²) < 4.78 is 10.6. The third kappa shape index (κ3) is 4.62. The summed E-state index contributed by atoms with van der Waals surface area (Å²) in [6, 6.07) is 13.2. The van der Waals surface area contributed by atoms with Crippen molar-refractivity contribution in [2.24, 2.45) is 5.73 Å². The van der Waals surface area contributed by atoms with Crippen LogP contribution in [-0.2, 0) is 11.2 Å². The van der Waals surface area contributed by atoms with E-state index in [9.17, 15) is 9.59 Å². The number of para-hydroxylation sites is 1. The third-order valence-electron chi connectivity index (χ3n) is 5.25. The number of amides is 2. The number of carbonyl (C=O) groups excluding carboxylic acids is 2. The molecule has 2 heterocycles. The van der Waals surface area contributed by atoms with Gasteiger partial charge in [0, 0.05) is 24.4 Å². The fraction of sp³-hybridized carbons (Fsp3) is 0.167. The Bertz CT molecular complexity index is 1300. The molecule has 1 atom stereocenters. The van der Waals surface area contributed by atoms with Crippen LogP contribution in [0.5, 0.6) is 11.5 Å². The summed E-state index contributed by atoms with van der Waals surface area (Å²) in [6.07, 6.45) is 3.53. The molecule has 0 aliphatic carbocycles. The molecule has 2 amide bonds. The van der Waals surface area contributed by atoms with Crippen molar-refractivity contribution in [2.45, 2.75) is 12.5 Å². The molecule has 4 rings (SSSR count). The number of methoxy groups -OCH3 is 2. The van der Waals surface area contributed by atoms with E-state index in [0.717, 1.165) is 11.1 Å². The first kappa shape index (κ1) is 21.8. The Balaban J connectivity index is 1.59. The molecule has 0 radical (unpaired) electrons. The van der Waals surface area contributed by atoms with E-state index in [-0.39, 0.29) is 6.42 Å². The fourth-order valence-corrected chi connectivity index (χ4v) is 3.56. The van der Waals surface area contributed by atoms with Gasteiger partial charge in [0.15, 0.2) is 11.5 Å². The molecule has 4 N–H and O–H groups in total. The Morgan fingerprint density at radius 1 is 1.06 bits per heavy atom. The molecule has 2 aromatic heterocycles. The zero-order chi connectivity index (χ0) is 23.4. The highest BCUT2D eigenvalue weighted by Crippen LogP contribution is 2.28. The highest BCUT2D eigenvalue weighted by atomic mass is 16.5. The van der Waals surface area contributed by atoms with Gasteiger partial charge in [0.25, 0.3) is 5.91 Å². The van der Waals surface area contributed by atoms with Crippen molar-refractivity contribution in [1.29, 1.82) is 0 Å². The second kappa shape index (κ2) is 9.39. The monoisotopic (exact) mass is 445 g/mol. The molecule has 9 heteroatoms. The first-order valence-corrected chi connectivity index (χ1v) is 10.2. The lowest BCUT2D eigenvalue weighted by Gasteiger charge is -2.17. The van der Waals surface area contributed by atoms with E-state index >= 15 is 0 Å². The Morgan fingerprint density at radius 2 is 1.82 bits per heavy atom. The minimum Gasteiger partial charge on any atom is -0.493 e. The Morgan fingerprint density at radius 3 is 2.52 bits per heavy atom. The fourth-order valence-electron chi connectivity index (χ4n) is 3.56. The first-order valence-electron chi connectivity index (χ1n) is 10.2. The number of benzene rings is 2. The highest BCUT2D eigenvalue weighted by molar-refractivity contribution is 6.06. The second-order valence-electron chi connectivity index (χ2n) is 7.34. The molecule has 4 aromatic rings. The average Bonchev–Trinajstić information content (AvgIpc) is 3.28. The van der Waals surface area contributed by atoms with E-state index in [1.807, 2.05) is 18.2 Å². The van der Waals surface area contributed by atoms with Gasteiger partial charge in [-0.25, -0.2) is 4.98 Å². The summed E-state index contributed by atoms with van der Waals surface area (Å²) >= 11 is 0. The van der Waals surface area contributed by atoms with Crippen LogP contribution in [0.4, 0.5) is 0 Å². The number of hydrogen-bond donors (Lipinski definition) is 3. The Kier molecular flexibility index (Phi) is 6.21. The summed E-state index contributed by atoms with van der Waals surface area (Å²) in [5, 5.41) is 2.74. The number of ether oxygens (including phenoxy) is 2. The van der Waals surface area contributed by atoms with Crippen LogP contribution >= 0.6 is 0 Å². The minimum atomic E-state index is -0.926. The number of hydrogen-bond acceptors (Lipinski definition) is 6. The van der Waals surface area contributed by atoms with Gasteiger partial charge >= 0.3 is 0 Å². The van der Waals surface area contributed by atoms with Crippen molar-refractivity contribution in [1.82, 2.24) is 20.3 Å². The number of nitrogens with two attached hydrogens (primary N) is 1. The maximum absolute atomic E-state index is 13.1. The van der Waals surface area contributed by atoms with Crippen molar-refractivity contribution in [2.75, 3.05) is 14.2 Å². The van der Waals surface area contributed by atoms with E-state index < -0.39 is 17.9 Å². The van der Waals surface area contributed by atoms with Crippen LogP contribution in [0.25, 0.3) is 22.4 Å². The zero-order valence-corrected chi connectivity index (χ0v) is 18.2. The number of imidazole rings is 1. The number of pyridine rings is 1. The molecule has 0 bridgehead atoms. The lowest BCUT2D eigenvalue weighted by atomic mass is 10.0. The molecule has 2 aromatic carbocycles. The molecule has 0 fully saturated rings.